The van der Waals surface area contributed by atoms with Crippen molar-refractivity contribution in [2.75, 3.05) is 13.2 Å². The molecule has 6 nitrogen and oxygen atoms in total. The minimum absolute atomic E-state index is 0.139. The van der Waals surface area contributed by atoms with E-state index in [1.807, 2.05) is 0 Å². The van der Waals surface area contributed by atoms with Gasteiger partial charge in [0.25, 0.3) is 0 Å². The minimum atomic E-state index is -0.721. The lowest BCUT2D eigenvalue weighted by Gasteiger charge is -2.05. The molecule has 0 aliphatic rings. The van der Waals surface area contributed by atoms with Crippen LogP contribution in [0.15, 0.2) is 0 Å². The average molecular weight is 294 g/mol. The summed E-state index contributed by atoms with van der Waals surface area (Å²) in [4.78, 5) is 10.2. The maximum Gasteiger partial charge on any atom is 0.303 e. The van der Waals surface area contributed by atoms with Gasteiger partial charge in [0.2, 0.25) is 0 Å². The summed E-state index contributed by atoms with van der Waals surface area (Å²) in [5.74, 6) is -0.721. The fraction of sp³-hybridized carbons (Fsp3) is 0.929. The predicted octanol–water partition coefficient (Wildman–Crippen LogP) is 0.904. The van der Waals surface area contributed by atoms with Crippen LogP contribution in [0.25, 0.3) is 0 Å². The summed E-state index contributed by atoms with van der Waals surface area (Å²) in [5.41, 5.74) is 0. The molecule has 6 heteroatoms. The monoisotopic (exact) mass is 294 g/mol. The Balaban J connectivity index is 0. The van der Waals surface area contributed by atoms with Gasteiger partial charge in [0.05, 0.1) is 25.4 Å². The first kappa shape index (κ1) is 21.6. The van der Waals surface area contributed by atoms with Gasteiger partial charge in [0.1, 0.15) is 0 Å². The van der Waals surface area contributed by atoms with Crippen molar-refractivity contribution in [1.29, 1.82) is 0 Å². The molecule has 20 heavy (non-hydrogen) atoms. The largest absolute Gasteiger partial charge is 0.481 e. The van der Waals surface area contributed by atoms with Gasteiger partial charge in [-0.05, 0) is 19.8 Å². The Morgan fingerprint density at radius 1 is 0.900 bits per heavy atom. The number of rotatable bonds is 11. The summed E-state index contributed by atoms with van der Waals surface area (Å²) in [6, 6.07) is 0. The van der Waals surface area contributed by atoms with Crippen LogP contribution in [0.5, 0.6) is 0 Å². The zero-order valence-electron chi connectivity index (χ0n) is 12.4. The smallest absolute Gasteiger partial charge is 0.303 e. The van der Waals surface area contributed by atoms with Crippen molar-refractivity contribution in [3.63, 3.8) is 0 Å². The Morgan fingerprint density at radius 3 is 1.75 bits per heavy atom. The second-order valence-corrected chi connectivity index (χ2v) is 4.92. The van der Waals surface area contributed by atoms with E-state index in [-0.39, 0.29) is 19.6 Å². The molecule has 0 aromatic heterocycles. The van der Waals surface area contributed by atoms with Gasteiger partial charge in [-0.1, -0.05) is 32.1 Å². The quantitative estimate of drug-likeness (QED) is 0.361. The maximum atomic E-state index is 10.2. The number of carboxylic acids is 1. The Bertz CT molecular complexity index is 208. The summed E-state index contributed by atoms with van der Waals surface area (Å²) in [5, 5.41) is 42.0. The Labute approximate surface area is 121 Å². The number of aliphatic hydroxyl groups is 4. The van der Waals surface area contributed by atoms with Gasteiger partial charge < -0.3 is 25.5 Å². The highest BCUT2D eigenvalue weighted by Gasteiger charge is 2.01. The average Bonchev–Trinajstić information content (AvgIpc) is 2.41. The fourth-order valence-corrected chi connectivity index (χ4v) is 1.45. The molecular formula is C14H30O6. The minimum Gasteiger partial charge on any atom is -0.481 e. The number of carboxylic acid groups (broad SMARTS) is 1. The van der Waals surface area contributed by atoms with Crippen LogP contribution in [-0.2, 0) is 4.79 Å². The number of unbranched alkanes of at least 4 members (excludes halogenated alkanes) is 5. The molecule has 2 unspecified atom stereocenters. The van der Waals surface area contributed by atoms with Crippen molar-refractivity contribution in [3.05, 3.63) is 0 Å². The van der Waals surface area contributed by atoms with Crippen molar-refractivity contribution in [2.24, 2.45) is 0 Å². The molecule has 0 aliphatic carbocycles. The summed E-state index contributed by atoms with van der Waals surface area (Å²) >= 11 is 0. The van der Waals surface area contributed by atoms with E-state index >= 15 is 0 Å². The Hall–Kier alpha value is -0.690. The highest BCUT2D eigenvalue weighted by atomic mass is 16.4. The summed E-state index contributed by atoms with van der Waals surface area (Å²) < 4.78 is 0. The maximum absolute atomic E-state index is 10.2. The number of aliphatic hydroxyl groups excluding tert-OH is 4. The molecule has 0 bridgehead atoms. The highest BCUT2D eigenvalue weighted by molar-refractivity contribution is 5.66. The normalized spacial score (nSPS) is 13.2. The van der Waals surface area contributed by atoms with Crippen molar-refractivity contribution in [2.45, 2.75) is 70.5 Å². The van der Waals surface area contributed by atoms with Crippen molar-refractivity contribution >= 4 is 5.97 Å². The molecule has 2 atom stereocenters. The molecular weight excluding hydrogens is 264 g/mol. The van der Waals surface area contributed by atoms with Crippen LogP contribution >= 0.6 is 0 Å². The van der Waals surface area contributed by atoms with Crippen molar-refractivity contribution in [1.82, 2.24) is 0 Å². The van der Waals surface area contributed by atoms with Crippen LogP contribution in [0.1, 0.15) is 58.3 Å². The lowest BCUT2D eigenvalue weighted by atomic mass is 10.1. The van der Waals surface area contributed by atoms with Gasteiger partial charge >= 0.3 is 5.97 Å². The summed E-state index contributed by atoms with van der Waals surface area (Å²) in [6.07, 6.45) is 5.63. The molecule has 0 aromatic carbocycles. The van der Waals surface area contributed by atoms with Gasteiger partial charge in [-0.2, -0.15) is 0 Å². The van der Waals surface area contributed by atoms with Crippen LogP contribution in [-0.4, -0.2) is 56.9 Å². The fourth-order valence-electron chi connectivity index (χ4n) is 1.45. The number of hydrogen-bond donors (Lipinski definition) is 5. The van der Waals surface area contributed by atoms with Crippen LogP contribution in [0.4, 0.5) is 0 Å². The second-order valence-electron chi connectivity index (χ2n) is 4.92. The van der Waals surface area contributed by atoms with E-state index < -0.39 is 18.2 Å². The van der Waals surface area contributed by atoms with Crippen LogP contribution in [0.2, 0.25) is 0 Å². The molecule has 5 N–H and O–H groups in total. The summed E-state index contributed by atoms with van der Waals surface area (Å²) in [7, 11) is 0. The van der Waals surface area contributed by atoms with E-state index in [0.717, 1.165) is 38.5 Å². The predicted molar refractivity (Wildman–Crippen MR) is 76.4 cm³/mol. The zero-order chi connectivity index (χ0) is 15.8. The van der Waals surface area contributed by atoms with Crippen LogP contribution in [0, 0.1) is 0 Å². The molecule has 0 aromatic rings. The van der Waals surface area contributed by atoms with E-state index in [2.05, 4.69) is 0 Å². The topological polar surface area (TPSA) is 118 Å². The molecule has 0 aliphatic heterocycles. The molecule has 0 amide bonds. The number of aliphatic carboxylic acids is 1. The molecule has 0 heterocycles. The van der Waals surface area contributed by atoms with Crippen LogP contribution in [0.3, 0.4) is 0 Å². The van der Waals surface area contributed by atoms with E-state index in [1.54, 1.807) is 0 Å². The first-order valence-electron chi connectivity index (χ1n) is 7.23. The first-order chi connectivity index (χ1) is 9.43. The zero-order valence-corrected chi connectivity index (χ0v) is 12.4. The first-order valence-corrected chi connectivity index (χ1v) is 7.23. The van der Waals surface area contributed by atoms with Gasteiger partial charge in [0.15, 0.2) is 0 Å². The lowest BCUT2D eigenvalue weighted by Crippen LogP contribution is -2.10. The van der Waals surface area contributed by atoms with E-state index in [0.29, 0.717) is 6.42 Å². The molecule has 0 radical (unpaired) electrons. The number of hydrogen-bond acceptors (Lipinski definition) is 5. The van der Waals surface area contributed by atoms with Crippen LogP contribution < -0.4 is 0 Å². The standard InChI is InChI=1S/C11H22O4.C3H8O2/c12-9-10(13)7-5-3-1-2-4-6-8-11(14)15;1-3(5)2-4/h10,12-13H,1-9H2,(H,14,15);3-5H,2H2,1H3. The summed E-state index contributed by atoms with van der Waals surface area (Å²) in [6.45, 7) is 1.23. The van der Waals surface area contributed by atoms with E-state index in [1.165, 1.54) is 6.92 Å². The lowest BCUT2D eigenvalue weighted by molar-refractivity contribution is -0.137. The molecule has 0 rings (SSSR count). The third kappa shape index (κ3) is 22.5. The van der Waals surface area contributed by atoms with Gasteiger partial charge in [-0.3, -0.25) is 4.79 Å². The van der Waals surface area contributed by atoms with Gasteiger partial charge in [-0.15, -0.1) is 0 Å². The Kier molecular flexibility index (Phi) is 17.7. The third-order valence-electron chi connectivity index (χ3n) is 2.65. The van der Waals surface area contributed by atoms with Crippen molar-refractivity contribution in [3.8, 4) is 0 Å². The van der Waals surface area contributed by atoms with Gasteiger partial charge in [0, 0.05) is 6.42 Å². The molecule has 0 spiro atoms. The molecule has 0 saturated carbocycles. The molecule has 0 fully saturated rings. The number of carbonyl (C=O) groups is 1. The van der Waals surface area contributed by atoms with E-state index in [9.17, 15) is 4.79 Å². The second kappa shape index (κ2) is 16.4. The SMILES string of the molecule is CC(O)CO.O=C(O)CCCCCCCCC(O)CO. The Morgan fingerprint density at radius 2 is 1.35 bits per heavy atom. The van der Waals surface area contributed by atoms with E-state index in [4.69, 9.17) is 25.5 Å². The highest BCUT2D eigenvalue weighted by Crippen LogP contribution is 2.09. The van der Waals surface area contributed by atoms with Gasteiger partial charge in [-0.25, -0.2) is 0 Å². The molecule has 122 valence electrons. The molecule has 0 saturated heterocycles. The third-order valence-corrected chi connectivity index (χ3v) is 2.65. The van der Waals surface area contributed by atoms with Crippen molar-refractivity contribution < 1.29 is 30.3 Å².